The molecule has 164 valence electrons. The fraction of sp³-hybridized carbons (Fsp3) is 0.227. The quantitative estimate of drug-likeness (QED) is 0.558. The summed E-state index contributed by atoms with van der Waals surface area (Å²) >= 11 is 7.17. The standard InChI is InChI=1S/C22H17ClFN3O4S/c23-14-9-12(5-6-15(14)24)25-21(29)13-2-1-3-18-19(13)26-22(32-18)27-20(28)11-4-7-16-17(8-11)31-10-30-16/h4-9,13H,1-3,10H2,(H,25,29)(H,26,27,28). The third-order valence-electron chi connectivity index (χ3n) is 5.31. The molecule has 2 amide bonds. The van der Waals surface area contributed by atoms with E-state index in [2.05, 4.69) is 15.6 Å². The normalized spacial score (nSPS) is 16.4. The summed E-state index contributed by atoms with van der Waals surface area (Å²) in [5, 5.41) is 5.96. The Bertz CT molecular complexity index is 1230. The number of rotatable bonds is 4. The van der Waals surface area contributed by atoms with Gasteiger partial charge in [0.15, 0.2) is 16.6 Å². The van der Waals surface area contributed by atoms with Gasteiger partial charge < -0.3 is 14.8 Å². The summed E-state index contributed by atoms with van der Waals surface area (Å²) in [6.07, 6.45) is 2.25. The third-order valence-corrected chi connectivity index (χ3v) is 6.65. The second-order valence-electron chi connectivity index (χ2n) is 7.41. The lowest BCUT2D eigenvalue weighted by Crippen LogP contribution is -2.24. The van der Waals surface area contributed by atoms with Crippen molar-refractivity contribution >= 4 is 45.6 Å². The molecule has 1 aliphatic carbocycles. The second kappa shape index (κ2) is 8.40. The van der Waals surface area contributed by atoms with Gasteiger partial charge in [0.2, 0.25) is 12.7 Å². The molecule has 32 heavy (non-hydrogen) atoms. The Kier molecular flexibility index (Phi) is 5.44. The van der Waals surface area contributed by atoms with Crippen molar-refractivity contribution in [2.24, 2.45) is 0 Å². The van der Waals surface area contributed by atoms with E-state index < -0.39 is 11.7 Å². The Morgan fingerprint density at radius 3 is 2.81 bits per heavy atom. The van der Waals surface area contributed by atoms with Crippen LogP contribution in [0.25, 0.3) is 0 Å². The van der Waals surface area contributed by atoms with Crippen LogP contribution in [0.5, 0.6) is 11.5 Å². The second-order valence-corrected chi connectivity index (χ2v) is 8.90. The van der Waals surface area contributed by atoms with Gasteiger partial charge in [-0.15, -0.1) is 11.3 Å². The van der Waals surface area contributed by atoms with E-state index in [9.17, 15) is 14.0 Å². The lowest BCUT2D eigenvalue weighted by molar-refractivity contribution is -0.117. The first-order chi connectivity index (χ1) is 15.5. The Morgan fingerprint density at radius 2 is 1.97 bits per heavy atom. The van der Waals surface area contributed by atoms with Gasteiger partial charge in [-0.2, -0.15) is 0 Å². The number of benzene rings is 2. The van der Waals surface area contributed by atoms with Crippen molar-refractivity contribution in [3.05, 3.63) is 63.4 Å². The van der Waals surface area contributed by atoms with E-state index in [1.54, 1.807) is 18.2 Å². The van der Waals surface area contributed by atoms with Gasteiger partial charge in [-0.05, 0) is 55.7 Å². The molecule has 2 heterocycles. The number of nitrogens with zero attached hydrogens (tertiary/aromatic N) is 1. The van der Waals surface area contributed by atoms with Crippen LogP contribution >= 0.6 is 22.9 Å². The van der Waals surface area contributed by atoms with E-state index in [1.807, 2.05) is 0 Å². The third kappa shape index (κ3) is 4.01. The van der Waals surface area contributed by atoms with Crippen LogP contribution in [0.4, 0.5) is 15.2 Å². The van der Waals surface area contributed by atoms with Crippen molar-refractivity contribution in [3.8, 4) is 11.5 Å². The van der Waals surface area contributed by atoms with Gasteiger partial charge in [-0.1, -0.05) is 11.6 Å². The maximum absolute atomic E-state index is 13.4. The first-order valence-corrected chi connectivity index (χ1v) is 11.1. The van der Waals surface area contributed by atoms with Crippen molar-refractivity contribution < 1.29 is 23.5 Å². The van der Waals surface area contributed by atoms with Gasteiger partial charge in [0, 0.05) is 16.1 Å². The molecule has 1 aromatic heterocycles. The fourth-order valence-corrected chi connectivity index (χ4v) is 4.98. The maximum Gasteiger partial charge on any atom is 0.257 e. The first-order valence-electron chi connectivity index (χ1n) is 9.94. The van der Waals surface area contributed by atoms with Crippen molar-refractivity contribution in [3.63, 3.8) is 0 Å². The number of ether oxygens (including phenoxy) is 2. The molecule has 3 aromatic rings. The molecule has 2 aromatic carbocycles. The number of halogens is 2. The topological polar surface area (TPSA) is 89.6 Å². The summed E-state index contributed by atoms with van der Waals surface area (Å²) in [6, 6.07) is 9.00. The minimum Gasteiger partial charge on any atom is -0.454 e. The van der Waals surface area contributed by atoms with E-state index in [0.29, 0.717) is 40.0 Å². The van der Waals surface area contributed by atoms with E-state index in [-0.39, 0.29) is 23.6 Å². The van der Waals surface area contributed by atoms with Crippen LogP contribution in [-0.2, 0) is 11.2 Å². The monoisotopic (exact) mass is 473 g/mol. The number of aryl methyl sites for hydroxylation is 1. The van der Waals surface area contributed by atoms with Crippen LogP contribution in [0, 0.1) is 5.82 Å². The molecule has 0 spiro atoms. The highest BCUT2D eigenvalue weighted by Crippen LogP contribution is 2.38. The molecular weight excluding hydrogens is 457 g/mol. The van der Waals surface area contributed by atoms with E-state index in [0.717, 1.165) is 17.7 Å². The van der Waals surface area contributed by atoms with Gasteiger partial charge in [0.05, 0.1) is 16.6 Å². The summed E-state index contributed by atoms with van der Waals surface area (Å²) in [7, 11) is 0. The maximum atomic E-state index is 13.4. The number of carbonyl (C=O) groups excluding carboxylic acids is 2. The predicted molar refractivity (Wildman–Crippen MR) is 118 cm³/mol. The zero-order valence-electron chi connectivity index (χ0n) is 16.6. The first kappa shape index (κ1) is 20.7. The Labute approximate surface area is 191 Å². The molecule has 0 saturated carbocycles. The average molecular weight is 474 g/mol. The number of hydrogen-bond donors (Lipinski definition) is 2. The zero-order chi connectivity index (χ0) is 22.2. The van der Waals surface area contributed by atoms with Crippen molar-refractivity contribution in [2.75, 3.05) is 17.4 Å². The molecule has 1 unspecified atom stereocenters. The largest absolute Gasteiger partial charge is 0.454 e. The van der Waals surface area contributed by atoms with Crippen LogP contribution in [0.1, 0.15) is 39.7 Å². The molecule has 0 radical (unpaired) electrons. The summed E-state index contributed by atoms with van der Waals surface area (Å²) in [4.78, 5) is 31.1. The van der Waals surface area contributed by atoms with Crippen molar-refractivity contribution in [1.82, 2.24) is 4.98 Å². The summed E-state index contributed by atoms with van der Waals surface area (Å²) < 4.78 is 24.0. The van der Waals surface area contributed by atoms with Crippen LogP contribution < -0.4 is 20.1 Å². The summed E-state index contributed by atoms with van der Waals surface area (Å²) in [6.45, 7) is 0.132. The number of thiazole rings is 1. The van der Waals surface area contributed by atoms with Crippen molar-refractivity contribution in [2.45, 2.75) is 25.2 Å². The lowest BCUT2D eigenvalue weighted by Gasteiger charge is -2.20. The van der Waals surface area contributed by atoms with Gasteiger partial charge in [-0.3, -0.25) is 14.9 Å². The zero-order valence-corrected chi connectivity index (χ0v) is 18.2. The molecule has 2 aliphatic rings. The molecule has 7 nitrogen and oxygen atoms in total. The van der Waals surface area contributed by atoms with E-state index >= 15 is 0 Å². The SMILES string of the molecule is O=C(Nc1nc2c(s1)CCCC2C(=O)Nc1ccc(F)c(Cl)c1)c1ccc2c(c1)OCO2. The van der Waals surface area contributed by atoms with E-state index in [1.165, 1.54) is 29.5 Å². The Balaban J connectivity index is 1.32. The highest BCUT2D eigenvalue weighted by Gasteiger charge is 2.31. The number of amides is 2. The molecule has 2 N–H and O–H groups in total. The van der Waals surface area contributed by atoms with Crippen LogP contribution in [-0.4, -0.2) is 23.6 Å². The number of fused-ring (bicyclic) bond motifs is 2. The predicted octanol–water partition coefficient (Wildman–Crippen LogP) is 4.98. The highest BCUT2D eigenvalue weighted by molar-refractivity contribution is 7.16. The fourth-order valence-electron chi connectivity index (χ4n) is 3.74. The van der Waals surface area contributed by atoms with E-state index in [4.69, 9.17) is 21.1 Å². The van der Waals surface area contributed by atoms with Crippen LogP contribution in [0.15, 0.2) is 36.4 Å². The molecule has 5 rings (SSSR count). The molecule has 1 aliphatic heterocycles. The van der Waals surface area contributed by atoms with Crippen molar-refractivity contribution in [1.29, 1.82) is 0 Å². The molecule has 1 atom stereocenters. The minimum atomic E-state index is -0.549. The minimum absolute atomic E-state index is 0.0608. The number of aromatic nitrogens is 1. The molecule has 0 fully saturated rings. The number of hydrogen-bond acceptors (Lipinski definition) is 6. The van der Waals surface area contributed by atoms with Crippen LogP contribution in [0.2, 0.25) is 5.02 Å². The molecular formula is C22H17ClFN3O4S. The lowest BCUT2D eigenvalue weighted by atomic mass is 9.90. The summed E-state index contributed by atoms with van der Waals surface area (Å²) in [5.41, 5.74) is 1.50. The van der Waals surface area contributed by atoms with Crippen LogP contribution in [0.3, 0.4) is 0 Å². The number of anilines is 2. The molecule has 10 heteroatoms. The average Bonchev–Trinajstić information content (AvgIpc) is 3.41. The van der Waals surface area contributed by atoms with Gasteiger partial charge in [0.25, 0.3) is 5.91 Å². The summed E-state index contributed by atoms with van der Waals surface area (Å²) in [5.74, 6) is -0.456. The van der Waals surface area contributed by atoms with Gasteiger partial charge >= 0.3 is 0 Å². The molecule has 0 bridgehead atoms. The Morgan fingerprint density at radius 1 is 1.12 bits per heavy atom. The number of nitrogens with one attached hydrogen (secondary N) is 2. The highest BCUT2D eigenvalue weighted by atomic mass is 35.5. The smallest absolute Gasteiger partial charge is 0.257 e. The van der Waals surface area contributed by atoms with Gasteiger partial charge in [-0.25, -0.2) is 9.37 Å². The Hall–Kier alpha value is -3.17. The van der Waals surface area contributed by atoms with Gasteiger partial charge in [0.1, 0.15) is 5.82 Å². The number of carbonyl (C=O) groups is 2. The molecule has 0 saturated heterocycles.